The molecular weight excluding hydrogens is 321 g/mol. The number of methoxy groups -OCH3 is 1. The lowest BCUT2D eigenvalue weighted by molar-refractivity contribution is -0.142. The number of benzene rings is 1. The number of halogens is 1. The second-order valence-corrected chi connectivity index (χ2v) is 8.43. The molecular formula is C16H22FNO4S. The van der Waals surface area contributed by atoms with Crippen LogP contribution in [0.5, 0.6) is 0 Å². The molecule has 0 aromatic heterocycles. The SMILES string of the molecule is COC(=O)CC1(NCc2ccc(F)c(C)c2)CCS(=O)(=O)CC1. The molecule has 23 heavy (non-hydrogen) atoms. The lowest BCUT2D eigenvalue weighted by atomic mass is 9.88. The van der Waals surface area contributed by atoms with Crippen molar-refractivity contribution in [1.29, 1.82) is 0 Å². The maximum atomic E-state index is 13.3. The lowest BCUT2D eigenvalue weighted by Crippen LogP contribution is -2.51. The third-order valence-corrected chi connectivity index (χ3v) is 6.04. The maximum Gasteiger partial charge on any atom is 0.307 e. The predicted octanol–water partition coefficient (Wildman–Crippen LogP) is 1.73. The molecule has 1 aliphatic rings. The molecule has 0 unspecified atom stereocenters. The van der Waals surface area contributed by atoms with Gasteiger partial charge in [-0.15, -0.1) is 0 Å². The Morgan fingerprint density at radius 1 is 1.35 bits per heavy atom. The Hall–Kier alpha value is -1.47. The molecule has 1 aromatic carbocycles. The molecule has 128 valence electrons. The number of nitrogens with one attached hydrogen (secondary N) is 1. The average molecular weight is 343 g/mol. The standard InChI is InChI=1S/C16H22FNO4S/c1-12-9-13(3-4-14(12)17)11-18-16(10-15(19)22-2)5-7-23(20,21)8-6-16/h3-4,9,18H,5-8,10-11H2,1-2H3. The van der Waals surface area contributed by atoms with E-state index in [1.807, 2.05) is 0 Å². The molecule has 1 aliphatic heterocycles. The Kier molecular flexibility index (Phi) is 5.41. The summed E-state index contributed by atoms with van der Waals surface area (Å²) in [5.74, 6) is -0.521. The van der Waals surface area contributed by atoms with E-state index < -0.39 is 15.4 Å². The molecule has 0 aliphatic carbocycles. The topological polar surface area (TPSA) is 72.5 Å². The fourth-order valence-electron chi connectivity index (χ4n) is 2.80. The van der Waals surface area contributed by atoms with Crippen molar-refractivity contribution in [3.8, 4) is 0 Å². The molecule has 0 spiro atoms. The van der Waals surface area contributed by atoms with Gasteiger partial charge in [-0.25, -0.2) is 12.8 Å². The van der Waals surface area contributed by atoms with Crippen LogP contribution in [0.15, 0.2) is 18.2 Å². The van der Waals surface area contributed by atoms with E-state index >= 15 is 0 Å². The van der Waals surface area contributed by atoms with Crippen molar-refractivity contribution in [2.75, 3.05) is 18.6 Å². The van der Waals surface area contributed by atoms with Gasteiger partial charge in [-0.3, -0.25) is 4.79 Å². The molecule has 1 N–H and O–H groups in total. The van der Waals surface area contributed by atoms with Gasteiger partial charge in [0.15, 0.2) is 0 Å². The Balaban J connectivity index is 2.11. The smallest absolute Gasteiger partial charge is 0.307 e. The first-order chi connectivity index (χ1) is 10.8. The van der Waals surface area contributed by atoms with Crippen LogP contribution in [0, 0.1) is 12.7 Å². The van der Waals surface area contributed by atoms with Gasteiger partial charge in [0.25, 0.3) is 0 Å². The summed E-state index contributed by atoms with van der Waals surface area (Å²) >= 11 is 0. The van der Waals surface area contributed by atoms with E-state index in [1.165, 1.54) is 13.2 Å². The average Bonchev–Trinajstić information content (AvgIpc) is 2.51. The zero-order chi connectivity index (χ0) is 17.1. The molecule has 1 heterocycles. The van der Waals surface area contributed by atoms with E-state index in [4.69, 9.17) is 4.74 Å². The Bertz CT molecular complexity index is 673. The Morgan fingerprint density at radius 2 is 2.00 bits per heavy atom. The van der Waals surface area contributed by atoms with Gasteiger partial charge in [-0.05, 0) is 37.0 Å². The van der Waals surface area contributed by atoms with Gasteiger partial charge in [0.05, 0.1) is 25.0 Å². The number of aryl methyl sites for hydroxylation is 1. The fourth-order valence-corrected chi connectivity index (χ4v) is 4.41. The van der Waals surface area contributed by atoms with Gasteiger partial charge < -0.3 is 10.1 Å². The first-order valence-corrected chi connectivity index (χ1v) is 9.35. The van der Waals surface area contributed by atoms with Crippen LogP contribution >= 0.6 is 0 Å². The summed E-state index contributed by atoms with van der Waals surface area (Å²) in [7, 11) is -1.71. The molecule has 0 atom stereocenters. The third-order valence-electron chi connectivity index (χ3n) is 4.38. The minimum absolute atomic E-state index is 0.0550. The number of esters is 1. The monoisotopic (exact) mass is 343 g/mol. The van der Waals surface area contributed by atoms with E-state index in [2.05, 4.69) is 5.32 Å². The highest BCUT2D eigenvalue weighted by atomic mass is 32.2. The molecule has 2 rings (SSSR count). The highest BCUT2D eigenvalue weighted by Gasteiger charge is 2.39. The van der Waals surface area contributed by atoms with E-state index in [-0.39, 0.29) is 29.7 Å². The van der Waals surface area contributed by atoms with Crippen molar-refractivity contribution in [2.24, 2.45) is 0 Å². The molecule has 0 bridgehead atoms. The summed E-state index contributed by atoms with van der Waals surface area (Å²) < 4.78 is 41.4. The van der Waals surface area contributed by atoms with E-state index in [0.29, 0.717) is 24.9 Å². The number of carbonyl (C=O) groups excluding carboxylic acids is 1. The lowest BCUT2D eigenvalue weighted by Gasteiger charge is -2.37. The quantitative estimate of drug-likeness (QED) is 0.825. The summed E-state index contributed by atoms with van der Waals surface area (Å²) in [5, 5.41) is 3.31. The summed E-state index contributed by atoms with van der Waals surface area (Å²) in [6.07, 6.45) is 0.856. The number of carbonyl (C=O) groups is 1. The number of hydrogen-bond acceptors (Lipinski definition) is 5. The summed E-state index contributed by atoms with van der Waals surface area (Å²) in [6, 6.07) is 4.83. The largest absolute Gasteiger partial charge is 0.469 e. The molecule has 1 saturated heterocycles. The highest BCUT2D eigenvalue weighted by Crippen LogP contribution is 2.28. The van der Waals surface area contributed by atoms with Crippen molar-refractivity contribution in [2.45, 2.75) is 38.3 Å². The van der Waals surface area contributed by atoms with Gasteiger partial charge in [0.2, 0.25) is 0 Å². The minimum atomic E-state index is -3.03. The molecule has 0 saturated carbocycles. The van der Waals surface area contributed by atoms with Gasteiger partial charge in [0.1, 0.15) is 15.7 Å². The van der Waals surface area contributed by atoms with Gasteiger partial charge >= 0.3 is 5.97 Å². The van der Waals surface area contributed by atoms with Crippen molar-refractivity contribution in [3.05, 3.63) is 35.1 Å². The first kappa shape index (κ1) is 17.9. The summed E-state index contributed by atoms with van der Waals surface area (Å²) in [4.78, 5) is 11.7. The molecule has 5 nitrogen and oxygen atoms in total. The van der Waals surface area contributed by atoms with Crippen LogP contribution in [0.3, 0.4) is 0 Å². The molecule has 1 fully saturated rings. The van der Waals surface area contributed by atoms with Crippen LogP contribution in [0.25, 0.3) is 0 Å². The zero-order valence-corrected chi connectivity index (χ0v) is 14.2. The van der Waals surface area contributed by atoms with Crippen molar-refractivity contribution in [3.63, 3.8) is 0 Å². The van der Waals surface area contributed by atoms with Crippen molar-refractivity contribution >= 4 is 15.8 Å². The normalized spacial score (nSPS) is 19.3. The first-order valence-electron chi connectivity index (χ1n) is 7.53. The van der Waals surface area contributed by atoms with E-state index in [1.54, 1.807) is 19.1 Å². The molecule has 0 radical (unpaired) electrons. The number of sulfone groups is 1. The molecule has 0 amide bonds. The number of ether oxygens (including phenoxy) is 1. The maximum absolute atomic E-state index is 13.3. The number of rotatable bonds is 5. The summed E-state index contributed by atoms with van der Waals surface area (Å²) in [5.41, 5.74) is 0.847. The third kappa shape index (κ3) is 4.75. The van der Waals surface area contributed by atoms with Crippen molar-refractivity contribution < 1.29 is 22.3 Å². The van der Waals surface area contributed by atoms with Gasteiger partial charge in [0, 0.05) is 12.1 Å². The Labute approximate surface area is 136 Å². The van der Waals surface area contributed by atoms with Gasteiger partial charge in [-0.2, -0.15) is 0 Å². The molecule has 7 heteroatoms. The van der Waals surface area contributed by atoms with Gasteiger partial charge in [-0.1, -0.05) is 12.1 Å². The van der Waals surface area contributed by atoms with Crippen LogP contribution < -0.4 is 5.32 Å². The second kappa shape index (κ2) is 6.97. The highest BCUT2D eigenvalue weighted by molar-refractivity contribution is 7.91. The van der Waals surface area contributed by atoms with Crippen LogP contribution in [-0.4, -0.2) is 38.5 Å². The zero-order valence-electron chi connectivity index (χ0n) is 13.4. The Morgan fingerprint density at radius 3 is 2.57 bits per heavy atom. The van der Waals surface area contributed by atoms with Crippen LogP contribution in [-0.2, 0) is 25.9 Å². The molecule has 1 aromatic rings. The van der Waals surface area contributed by atoms with E-state index in [9.17, 15) is 17.6 Å². The van der Waals surface area contributed by atoms with Crippen LogP contribution in [0.2, 0.25) is 0 Å². The minimum Gasteiger partial charge on any atom is -0.469 e. The number of hydrogen-bond donors (Lipinski definition) is 1. The van der Waals surface area contributed by atoms with Crippen LogP contribution in [0.1, 0.15) is 30.4 Å². The van der Waals surface area contributed by atoms with E-state index in [0.717, 1.165) is 5.56 Å². The predicted molar refractivity (Wildman–Crippen MR) is 85.2 cm³/mol. The fraction of sp³-hybridized carbons (Fsp3) is 0.562. The second-order valence-electron chi connectivity index (χ2n) is 6.12. The van der Waals surface area contributed by atoms with Crippen molar-refractivity contribution in [1.82, 2.24) is 5.32 Å². The van der Waals surface area contributed by atoms with Crippen LogP contribution in [0.4, 0.5) is 4.39 Å². The summed E-state index contributed by atoms with van der Waals surface area (Å²) in [6.45, 7) is 2.13.